The molecule has 6 heteroatoms. The Morgan fingerprint density at radius 2 is 2.05 bits per heavy atom. The Morgan fingerprint density at radius 1 is 1.26 bits per heavy atom. The van der Waals surface area contributed by atoms with Crippen molar-refractivity contribution in [3.05, 3.63) is 63.6 Å². The van der Waals surface area contributed by atoms with Crippen LogP contribution in [-0.2, 0) is 6.42 Å². The highest BCUT2D eigenvalue weighted by Gasteiger charge is 2.13. The van der Waals surface area contributed by atoms with E-state index >= 15 is 0 Å². The van der Waals surface area contributed by atoms with Gasteiger partial charge in [0.1, 0.15) is 5.82 Å². The first kappa shape index (κ1) is 14.2. The van der Waals surface area contributed by atoms with Gasteiger partial charge in [0.15, 0.2) is 0 Å². The molecule has 1 aromatic heterocycles. The van der Waals surface area contributed by atoms with E-state index in [1.165, 1.54) is 12.1 Å². The predicted molar refractivity (Wildman–Crippen MR) is 74.4 cm³/mol. The average molecular weight is 300 g/mol. The van der Waals surface area contributed by atoms with Gasteiger partial charge in [-0.05, 0) is 36.2 Å². The molecule has 0 fully saturated rings. The lowest BCUT2D eigenvalue weighted by Crippen LogP contribution is -2.30. The van der Waals surface area contributed by atoms with Crippen molar-refractivity contribution in [2.24, 2.45) is 5.84 Å². The summed E-state index contributed by atoms with van der Waals surface area (Å²) in [6.45, 7) is 0. The molecule has 0 bridgehead atoms. The molecular formula is C13H12Cl2FN3. The van der Waals surface area contributed by atoms with Crippen molar-refractivity contribution < 1.29 is 4.39 Å². The van der Waals surface area contributed by atoms with E-state index in [1.807, 2.05) is 0 Å². The zero-order valence-corrected chi connectivity index (χ0v) is 11.4. The number of benzene rings is 1. The maximum atomic E-state index is 13.4. The number of nitrogens with zero attached hydrogens (tertiary/aromatic N) is 1. The van der Waals surface area contributed by atoms with Crippen molar-refractivity contribution >= 4 is 23.2 Å². The molecule has 2 aromatic rings. The second-order valence-electron chi connectivity index (χ2n) is 4.07. The predicted octanol–water partition coefficient (Wildman–Crippen LogP) is 3.27. The molecule has 0 amide bonds. The van der Waals surface area contributed by atoms with Gasteiger partial charge in [0, 0.05) is 6.20 Å². The molecule has 0 aliphatic rings. The fourth-order valence-corrected chi connectivity index (χ4v) is 1.97. The van der Waals surface area contributed by atoms with Crippen LogP contribution in [0.4, 0.5) is 4.39 Å². The number of aromatic nitrogens is 1. The molecule has 3 N–H and O–H groups in total. The summed E-state index contributed by atoms with van der Waals surface area (Å²) in [6, 6.07) is 7.96. The lowest BCUT2D eigenvalue weighted by atomic mass is 10.0. The average Bonchev–Trinajstić information content (AvgIpc) is 2.41. The van der Waals surface area contributed by atoms with Crippen LogP contribution in [0.1, 0.15) is 17.3 Å². The fraction of sp³-hybridized carbons (Fsp3) is 0.154. The molecule has 0 saturated heterocycles. The topological polar surface area (TPSA) is 50.9 Å². The van der Waals surface area contributed by atoms with Crippen LogP contribution >= 0.6 is 23.2 Å². The molecule has 1 atom stereocenters. The van der Waals surface area contributed by atoms with E-state index in [9.17, 15) is 4.39 Å². The van der Waals surface area contributed by atoms with Crippen LogP contribution in [-0.4, -0.2) is 4.98 Å². The summed E-state index contributed by atoms with van der Waals surface area (Å²) < 4.78 is 13.4. The first-order valence-electron chi connectivity index (χ1n) is 5.61. The lowest BCUT2D eigenvalue weighted by Gasteiger charge is -2.15. The van der Waals surface area contributed by atoms with E-state index < -0.39 is 5.82 Å². The van der Waals surface area contributed by atoms with Crippen molar-refractivity contribution in [2.45, 2.75) is 12.5 Å². The van der Waals surface area contributed by atoms with Crippen LogP contribution in [0, 0.1) is 5.82 Å². The van der Waals surface area contributed by atoms with E-state index in [0.717, 1.165) is 11.3 Å². The van der Waals surface area contributed by atoms with E-state index in [-0.39, 0.29) is 11.1 Å². The Hall–Kier alpha value is -1.20. The molecule has 3 nitrogen and oxygen atoms in total. The third-order valence-electron chi connectivity index (χ3n) is 2.73. The quantitative estimate of drug-likeness (QED) is 0.673. The summed E-state index contributed by atoms with van der Waals surface area (Å²) in [5.41, 5.74) is 4.18. The van der Waals surface area contributed by atoms with Gasteiger partial charge in [-0.1, -0.05) is 29.3 Å². The van der Waals surface area contributed by atoms with Crippen molar-refractivity contribution in [1.82, 2.24) is 10.4 Å². The van der Waals surface area contributed by atoms with Gasteiger partial charge < -0.3 is 0 Å². The summed E-state index contributed by atoms with van der Waals surface area (Å²) >= 11 is 11.4. The first-order chi connectivity index (χ1) is 9.10. The number of hydrazine groups is 1. The van der Waals surface area contributed by atoms with Gasteiger partial charge in [0.25, 0.3) is 0 Å². The standard InChI is InChI=1S/C13H12Cl2FN3/c14-9-2-4-12(18-7-9)13(19-17)6-8-1-3-10(15)11(16)5-8/h1-5,7,13,19H,6,17H2. The summed E-state index contributed by atoms with van der Waals surface area (Å²) in [5.74, 6) is 5.07. The van der Waals surface area contributed by atoms with Gasteiger partial charge in [-0.2, -0.15) is 0 Å². The highest BCUT2D eigenvalue weighted by atomic mass is 35.5. The van der Waals surface area contributed by atoms with Crippen LogP contribution in [0.5, 0.6) is 0 Å². The minimum atomic E-state index is -0.445. The number of rotatable bonds is 4. The van der Waals surface area contributed by atoms with Crippen LogP contribution in [0.25, 0.3) is 0 Å². The van der Waals surface area contributed by atoms with Gasteiger partial charge in [-0.15, -0.1) is 0 Å². The zero-order valence-electron chi connectivity index (χ0n) is 9.91. The molecule has 100 valence electrons. The van der Waals surface area contributed by atoms with E-state index in [0.29, 0.717) is 11.4 Å². The Kier molecular flexibility index (Phi) is 4.71. The Morgan fingerprint density at radius 3 is 2.63 bits per heavy atom. The molecule has 0 saturated carbocycles. The van der Waals surface area contributed by atoms with E-state index in [4.69, 9.17) is 29.0 Å². The number of hydrogen-bond donors (Lipinski definition) is 2. The summed E-state index contributed by atoms with van der Waals surface area (Å²) in [5, 5.41) is 0.655. The molecule has 1 aromatic carbocycles. The Balaban J connectivity index is 2.18. The van der Waals surface area contributed by atoms with Crippen molar-refractivity contribution in [3.8, 4) is 0 Å². The summed E-state index contributed by atoms with van der Waals surface area (Å²) in [4.78, 5) is 4.19. The number of nitrogens with one attached hydrogen (secondary N) is 1. The summed E-state index contributed by atoms with van der Waals surface area (Å²) in [7, 11) is 0. The lowest BCUT2D eigenvalue weighted by molar-refractivity contribution is 0.536. The van der Waals surface area contributed by atoms with Gasteiger partial charge >= 0.3 is 0 Å². The minimum Gasteiger partial charge on any atom is -0.271 e. The molecule has 0 spiro atoms. The van der Waals surface area contributed by atoms with Crippen LogP contribution < -0.4 is 11.3 Å². The molecular weight excluding hydrogens is 288 g/mol. The third kappa shape index (κ3) is 3.64. The van der Waals surface area contributed by atoms with Gasteiger partial charge in [0.2, 0.25) is 0 Å². The van der Waals surface area contributed by atoms with E-state index in [2.05, 4.69) is 10.4 Å². The monoisotopic (exact) mass is 299 g/mol. The molecule has 1 unspecified atom stereocenters. The van der Waals surface area contributed by atoms with Gasteiger partial charge in [-0.3, -0.25) is 16.3 Å². The smallest absolute Gasteiger partial charge is 0.142 e. The van der Waals surface area contributed by atoms with Crippen molar-refractivity contribution in [2.75, 3.05) is 0 Å². The molecule has 19 heavy (non-hydrogen) atoms. The van der Waals surface area contributed by atoms with Crippen LogP contribution in [0.15, 0.2) is 36.5 Å². The number of pyridine rings is 1. The minimum absolute atomic E-state index is 0.102. The van der Waals surface area contributed by atoms with Crippen LogP contribution in [0.2, 0.25) is 10.0 Å². The largest absolute Gasteiger partial charge is 0.271 e. The molecule has 0 aliphatic heterocycles. The normalized spacial score (nSPS) is 12.4. The van der Waals surface area contributed by atoms with Crippen molar-refractivity contribution in [1.29, 1.82) is 0 Å². The first-order valence-corrected chi connectivity index (χ1v) is 6.37. The Bertz CT molecular complexity index is 560. The second-order valence-corrected chi connectivity index (χ2v) is 4.92. The maximum absolute atomic E-state index is 13.4. The van der Waals surface area contributed by atoms with Crippen LogP contribution in [0.3, 0.4) is 0 Å². The number of nitrogens with two attached hydrogens (primary N) is 1. The molecule has 1 heterocycles. The second kappa shape index (κ2) is 6.30. The maximum Gasteiger partial charge on any atom is 0.142 e. The highest BCUT2D eigenvalue weighted by molar-refractivity contribution is 6.30. The highest BCUT2D eigenvalue weighted by Crippen LogP contribution is 2.21. The van der Waals surface area contributed by atoms with E-state index in [1.54, 1.807) is 24.4 Å². The SMILES string of the molecule is NNC(Cc1ccc(Cl)c(F)c1)c1ccc(Cl)cn1. The van der Waals surface area contributed by atoms with Gasteiger partial charge in [0.05, 0.1) is 21.8 Å². The third-order valence-corrected chi connectivity index (χ3v) is 3.26. The Labute approximate surface area is 120 Å². The fourth-order valence-electron chi connectivity index (χ4n) is 1.74. The molecule has 0 aliphatic carbocycles. The zero-order chi connectivity index (χ0) is 13.8. The number of halogens is 3. The summed E-state index contributed by atoms with van der Waals surface area (Å²) in [6.07, 6.45) is 2.04. The molecule has 2 rings (SSSR count). The molecule has 0 radical (unpaired) electrons. The number of hydrogen-bond acceptors (Lipinski definition) is 3. The van der Waals surface area contributed by atoms with Gasteiger partial charge in [-0.25, -0.2) is 4.39 Å². The van der Waals surface area contributed by atoms with Crippen molar-refractivity contribution in [3.63, 3.8) is 0 Å².